The molecule has 0 saturated carbocycles. The summed E-state index contributed by atoms with van der Waals surface area (Å²) in [5, 5.41) is 3.26. The highest BCUT2D eigenvalue weighted by molar-refractivity contribution is 5.83. The van der Waals surface area contributed by atoms with Crippen molar-refractivity contribution in [1.82, 2.24) is 10.2 Å². The van der Waals surface area contributed by atoms with Crippen LogP contribution < -0.4 is 10.1 Å². The minimum absolute atomic E-state index is 0.132. The second kappa shape index (κ2) is 7.61. The molecule has 1 fully saturated rings. The molecule has 1 atom stereocenters. The maximum atomic E-state index is 12.7. The van der Waals surface area contributed by atoms with E-state index in [-0.39, 0.29) is 5.91 Å². The van der Waals surface area contributed by atoms with Crippen LogP contribution in [-0.4, -0.2) is 57.8 Å². The molecule has 5 heteroatoms. The third-order valence-electron chi connectivity index (χ3n) is 4.15. The van der Waals surface area contributed by atoms with Crippen molar-refractivity contribution < 1.29 is 14.3 Å². The normalized spacial score (nSPS) is 20.9. The van der Waals surface area contributed by atoms with Crippen molar-refractivity contribution in [3.8, 4) is 5.75 Å². The number of amides is 1. The van der Waals surface area contributed by atoms with Gasteiger partial charge in [-0.3, -0.25) is 4.79 Å². The van der Waals surface area contributed by atoms with Crippen LogP contribution in [0.15, 0.2) is 24.3 Å². The van der Waals surface area contributed by atoms with Crippen LogP contribution in [0.5, 0.6) is 5.75 Å². The van der Waals surface area contributed by atoms with Gasteiger partial charge in [0.15, 0.2) is 0 Å². The van der Waals surface area contributed by atoms with Crippen LogP contribution in [0.1, 0.15) is 12.0 Å². The monoisotopic (exact) mass is 306 g/mol. The summed E-state index contributed by atoms with van der Waals surface area (Å²) < 4.78 is 11.0. The highest BCUT2D eigenvalue weighted by Crippen LogP contribution is 2.28. The fourth-order valence-corrected chi connectivity index (χ4v) is 2.90. The first-order valence-corrected chi connectivity index (χ1v) is 7.72. The average Bonchev–Trinajstić information content (AvgIpc) is 2.96. The Kier molecular flexibility index (Phi) is 5.80. The van der Waals surface area contributed by atoms with E-state index in [9.17, 15) is 4.79 Å². The predicted molar refractivity (Wildman–Crippen MR) is 86.1 cm³/mol. The van der Waals surface area contributed by atoms with Gasteiger partial charge < -0.3 is 19.7 Å². The van der Waals surface area contributed by atoms with E-state index in [1.807, 2.05) is 38.2 Å². The van der Waals surface area contributed by atoms with Crippen molar-refractivity contribution in [1.29, 1.82) is 0 Å². The molecule has 0 bridgehead atoms. The molecular weight excluding hydrogens is 280 g/mol. The quantitative estimate of drug-likeness (QED) is 0.828. The fourth-order valence-electron chi connectivity index (χ4n) is 2.90. The number of methoxy groups -OCH3 is 1. The summed E-state index contributed by atoms with van der Waals surface area (Å²) in [5.41, 5.74) is 0.741. The van der Waals surface area contributed by atoms with Gasteiger partial charge in [-0.1, -0.05) is 12.1 Å². The lowest BCUT2D eigenvalue weighted by molar-refractivity contribution is -0.143. The summed E-state index contributed by atoms with van der Waals surface area (Å²) in [5.74, 6) is 0.974. The standard InChI is InChI=1S/C17H26N2O3/c1-14-5-4-6-15(11-14)22-10-9-19(2)16(20)17(13-21-3)7-8-18-12-17/h4-6,11,18H,7-10,12-13H2,1-3H3. The number of rotatable bonds is 7. The number of ether oxygens (including phenoxy) is 2. The van der Waals surface area contributed by atoms with E-state index >= 15 is 0 Å². The summed E-state index contributed by atoms with van der Waals surface area (Å²) in [6, 6.07) is 7.93. The van der Waals surface area contributed by atoms with Crippen LogP contribution in [0.4, 0.5) is 0 Å². The van der Waals surface area contributed by atoms with Gasteiger partial charge in [-0.15, -0.1) is 0 Å². The Hall–Kier alpha value is -1.59. The van der Waals surface area contributed by atoms with Gasteiger partial charge in [0.1, 0.15) is 12.4 Å². The van der Waals surface area contributed by atoms with Gasteiger partial charge in [0.2, 0.25) is 5.91 Å². The number of carbonyl (C=O) groups is 1. The first-order chi connectivity index (χ1) is 10.6. The Morgan fingerprint density at radius 1 is 1.45 bits per heavy atom. The molecule has 1 aromatic carbocycles. The Balaban J connectivity index is 1.85. The van der Waals surface area contributed by atoms with Gasteiger partial charge >= 0.3 is 0 Å². The molecule has 1 aliphatic rings. The van der Waals surface area contributed by atoms with Gasteiger partial charge in [0.25, 0.3) is 0 Å². The molecule has 0 aliphatic carbocycles. The first kappa shape index (κ1) is 16.8. The Morgan fingerprint density at radius 3 is 2.91 bits per heavy atom. The lowest BCUT2D eigenvalue weighted by atomic mass is 9.86. The van der Waals surface area contributed by atoms with Crippen LogP contribution in [-0.2, 0) is 9.53 Å². The number of aryl methyl sites for hydroxylation is 1. The molecule has 0 spiro atoms. The predicted octanol–water partition coefficient (Wildman–Crippen LogP) is 1.46. The number of nitrogens with one attached hydrogen (secondary N) is 1. The molecule has 22 heavy (non-hydrogen) atoms. The molecule has 122 valence electrons. The second-order valence-corrected chi connectivity index (χ2v) is 6.03. The molecule has 1 saturated heterocycles. The highest BCUT2D eigenvalue weighted by atomic mass is 16.5. The van der Waals surface area contributed by atoms with Crippen molar-refractivity contribution >= 4 is 5.91 Å². The van der Waals surface area contributed by atoms with E-state index in [0.29, 0.717) is 26.3 Å². The maximum Gasteiger partial charge on any atom is 0.232 e. The van der Waals surface area contributed by atoms with E-state index in [1.165, 1.54) is 0 Å². The SMILES string of the molecule is COCC1(C(=O)N(C)CCOc2cccc(C)c2)CCNC1. The van der Waals surface area contributed by atoms with E-state index in [1.54, 1.807) is 12.0 Å². The van der Waals surface area contributed by atoms with Crippen LogP contribution in [0.3, 0.4) is 0 Å². The average molecular weight is 306 g/mol. The molecule has 0 aromatic heterocycles. The summed E-state index contributed by atoms with van der Waals surface area (Å²) in [7, 11) is 3.48. The summed E-state index contributed by atoms with van der Waals surface area (Å²) in [6.07, 6.45) is 0.822. The van der Waals surface area contributed by atoms with E-state index in [2.05, 4.69) is 5.32 Å². The Bertz CT molecular complexity index is 498. The zero-order valence-corrected chi connectivity index (χ0v) is 13.7. The molecule has 5 nitrogen and oxygen atoms in total. The second-order valence-electron chi connectivity index (χ2n) is 6.03. The third-order valence-corrected chi connectivity index (χ3v) is 4.15. The first-order valence-electron chi connectivity index (χ1n) is 7.72. The highest BCUT2D eigenvalue weighted by Gasteiger charge is 2.42. The van der Waals surface area contributed by atoms with E-state index in [0.717, 1.165) is 24.3 Å². The number of hydrogen-bond donors (Lipinski definition) is 1. The molecule has 2 rings (SSSR count). The number of carbonyl (C=O) groups excluding carboxylic acids is 1. The smallest absolute Gasteiger partial charge is 0.232 e. The minimum Gasteiger partial charge on any atom is -0.492 e. The van der Waals surface area contributed by atoms with Crippen LogP contribution in [0.25, 0.3) is 0 Å². The molecule has 1 N–H and O–H groups in total. The third kappa shape index (κ3) is 3.99. The fraction of sp³-hybridized carbons (Fsp3) is 0.588. The summed E-state index contributed by atoms with van der Waals surface area (Å²) >= 11 is 0. The van der Waals surface area contributed by atoms with Gasteiger partial charge in [-0.2, -0.15) is 0 Å². The van der Waals surface area contributed by atoms with Crippen LogP contribution in [0.2, 0.25) is 0 Å². The van der Waals surface area contributed by atoms with Gasteiger partial charge in [-0.05, 0) is 37.6 Å². The number of nitrogens with zero attached hydrogens (tertiary/aromatic N) is 1. The summed E-state index contributed by atoms with van der Waals surface area (Å²) in [6.45, 7) is 5.10. The van der Waals surface area contributed by atoms with E-state index in [4.69, 9.17) is 9.47 Å². The zero-order valence-electron chi connectivity index (χ0n) is 13.7. The van der Waals surface area contributed by atoms with Crippen LogP contribution >= 0.6 is 0 Å². The Labute approximate surface area is 132 Å². The molecule has 0 radical (unpaired) electrons. The van der Waals surface area contributed by atoms with Crippen molar-refractivity contribution in [3.63, 3.8) is 0 Å². The largest absolute Gasteiger partial charge is 0.492 e. The van der Waals surface area contributed by atoms with Crippen molar-refractivity contribution in [2.24, 2.45) is 5.41 Å². The minimum atomic E-state index is -0.424. The van der Waals surface area contributed by atoms with Crippen molar-refractivity contribution in [2.45, 2.75) is 13.3 Å². The van der Waals surface area contributed by atoms with Gasteiger partial charge in [0, 0.05) is 20.7 Å². The molecule has 1 aliphatic heterocycles. The molecule has 1 heterocycles. The molecule has 1 aromatic rings. The van der Waals surface area contributed by atoms with E-state index < -0.39 is 5.41 Å². The topological polar surface area (TPSA) is 50.8 Å². The number of likely N-dealkylation sites (N-methyl/N-ethyl adjacent to an activating group) is 1. The van der Waals surface area contributed by atoms with Crippen molar-refractivity contribution in [3.05, 3.63) is 29.8 Å². The molecular formula is C17H26N2O3. The Morgan fingerprint density at radius 2 is 2.27 bits per heavy atom. The van der Waals surface area contributed by atoms with Crippen molar-refractivity contribution in [2.75, 3.05) is 47.0 Å². The molecule has 1 amide bonds. The maximum absolute atomic E-state index is 12.7. The number of hydrogen-bond acceptors (Lipinski definition) is 4. The van der Waals surface area contributed by atoms with Crippen LogP contribution in [0, 0.1) is 12.3 Å². The lowest BCUT2D eigenvalue weighted by Gasteiger charge is -2.31. The lowest BCUT2D eigenvalue weighted by Crippen LogP contribution is -2.47. The molecule has 1 unspecified atom stereocenters. The van der Waals surface area contributed by atoms with Gasteiger partial charge in [0.05, 0.1) is 18.6 Å². The van der Waals surface area contributed by atoms with Gasteiger partial charge in [-0.25, -0.2) is 0 Å². The number of benzene rings is 1. The summed E-state index contributed by atoms with van der Waals surface area (Å²) in [4.78, 5) is 14.5. The zero-order chi connectivity index (χ0) is 16.0.